The third-order valence-electron chi connectivity index (χ3n) is 3.03. The maximum Gasteiger partial charge on any atom is 0.131 e. The van der Waals surface area contributed by atoms with Gasteiger partial charge in [0.1, 0.15) is 24.0 Å². The largest absolute Gasteiger partial charge is 0.489 e. The number of benzene rings is 2. The molecule has 0 aliphatic heterocycles. The van der Waals surface area contributed by atoms with Gasteiger partial charge in [-0.3, -0.25) is 0 Å². The number of halogens is 2. The molecule has 0 aromatic heterocycles. The Balaban J connectivity index is 2.14. The summed E-state index contributed by atoms with van der Waals surface area (Å²) in [6.45, 7) is 1.60. The Morgan fingerprint density at radius 1 is 1.19 bits per heavy atom. The Labute approximate surface area is 121 Å². The number of hydrogen-bond donors (Lipinski definition) is 1. The third kappa shape index (κ3) is 3.56. The van der Waals surface area contributed by atoms with Crippen molar-refractivity contribution in [2.45, 2.75) is 19.6 Å². The molecule has 2 rings (SSSR count). The quantitative estimate of drug-likeness (QED) is 0.937. The fourth-order valence-electron chi connectivity index (χ4n) is 1.88. The van der Waals surface area contributed by atoms with Crippen LogP contribution in [-0.2, 0) is 6.61 Å². The van der Waals surface area contributed by atoms with Gasteiger partial charge in [0.2, 0.25) is 0 Å². The molecule has 0 aliphatic carbocycles. The average molecular weight is 288 g/mol. The molecule has 0 fully saturated rings. The minimum atomic E-state index is -0.471. The van der Waals surface area contributed by atoms with Crippen molar-refractivity contribution in [2.75, 3.05) is 0 Å². The van der Waals surface area contributed by atoms with Gasteiger partial charge in [-0.2, -0.15) is 5.26 Å². The van der Waals surface area contributed by atoms with E-state index in [4.69, 9.17) is 15.7 Å². The normalized spacial score (nSPS) is 11.8. The summed E-state index contributed by atoms with van der Waals surface area (Å²) in [5.41, 5.74) is 6.59. The minimum absolute atomic E-state index is 0.0850. The third-order valence-corrected chi connectivity index (χ3v) is 3.03. The van der Waals surface area contributed by atoms with Crippen LogP contribution in [0.4, 0.5) is 8.78 Å². The maximum absolute atomic E-state index is 13.7. The summed E-state index contributed by atoms with van der Waals surface area (Å²) < 4.78 is 32.7. The van der Waals surface area contributed by atoms with E-state index in [1.807, 2.05) is 6.07 Å². The van der Waals surface area contributed by atoms with Crippen LogP contribution < -0.4 is 10.5 Å². The van der Waals surface area contributed by atoms with Crippen molar-refractivity contribution < 1.29 is 13.5 Å². The van der Waals surface area contributed by atoms with Crippen molar-refractivity contribution in [3.63, 3.8) is 0 Å². The zero-order valence-electron chi connectivity index (χ0n) is 11.4. The monoisotopic (exact) mass is 288 g/mol. The first-order valence-electron chi connectivity index (χ1n) is 6.37. The highest BCUT2D eigenvalue weighted by atomic mass is 19.1. The molecule has 3 nitrogen and oxygen atoms in total. The molecule has 0 amide bonds. The van der Waals surface area contributed by atoms with Gasteiger partial charge in [-0.25, -0.2) is 8.78 Å². The van der Waals surface area contributed by atoms with Crippen molar-refractivity contribution >= 4 is 0 Å². The molecule has 0 saturated heterocycles. The molecule has 0 spiro atoms. The summed E-state index contributed by atoms with van der Waals surface area (Å²) in [7, 11) is 0. The number of ether oxygens (including phenoxy) is 1. The Kier molecular flexibility index (Phi) is 4.51. The smallest absolute Gasteiger partial charge is 0.131 e. The summed E-state index contributed by atoms with van der Waals surface area (Å²) in [6.07, 6.45) is 0. The average Bonchev–Trinajstić information content (AvgIpc) is 2.46. The van der Waals surface area contributed by atoms with Gasteiger partial charge >= 0.3 is 0 Å². The second-order valence-corrected chi connectivity index (χ2v) is 4.68. The number of nitriles is 1. The predicted octanol–water partition coefficient (Wildman–Crippen LogP) is 3.44. The molecule has 0 bridgehead atoms. The summed E-state index contributed by atoms with van der Waals surface area (Å²) in [5, 5.41) is 8.78. The van der Waals surface area contributed by atoms with Crippen LogP contribution in [0.2, 0.25) is 0 Å². The van der Waals surface area contributed by atoms with Gasteiger partial charge in [0.05, 0.1) is 11.6 Å². The van der Waals surface area contributed by atoms with E-state index in [0.29, 0.717) is 11.1 Å². The van der Waals surface area contributed by atoms with E-state index in [1.54, 1.807) is 13.0 Å². The van der Waals surface area contributed by atoms with Gasteiger partial charge in [0.15, 0.2) is 0 Å². The van der Waals surface area contributed by atoms with Gasteiger partial charge in [0, 0.05) is 23.2 Å². The van der Waals surface area contributed by atoms with Gasteiger partial charge in [-0.15, -0.1) is 0 Å². The van der Waals surface area contributed by atoms with E-state index in [2.05, 4.69) is 0 Å². The highest BCUT2D eigenvalue weighted by molar-refractivity contribution is 5.34. The predicted molar refractivity (Wildman–Crippen MR) is 74.4 cm³/mol. The summed E-state index contributed by atoms with van der Waals surface area (Å²) in [4.78, 5) is 0. The Morgan fingerprint density at radius 2 is 1.95 bits per heavy atom. The van der Waals surface area contributed by atoms with Crippen LogP contribution in [0.3, 0.4) is 0 Å². The molecule has 108 valence electrons. The Bertz CT molecular complexity index is 693. The fraction of sp³-hybridized carbons (Fsp3) is 0.188. The molecule has 5 heteroatoms. The second-order valence-electron chi connectivity index (χ2n) is 4.68. The zero-order valence-corrected chi connectivity index (χ0v) is 11.4. The van der Waals surface area contributed by atoms with E-state index in [-0.39, 0.29) is 17.9 Å². The molecule has 1 atom stereocenters. The number of nitrogens with zero attached hydrogens (tertiary/aromatic N) is 1. The Morgan fingerprint density at radius 3 is 2.57 bits per heavy atom. The Hall–Kier alpha value is -2.45. The molecule has 0 radical (unpaired) electrons. The lowest BCUT2D eigenvalue weighted by Crippen LogP contribution is -2.07. The number of nitrogens with two attached hydrogens (primary N) is 1. The topological polar surface area (TPSA) is 59.0 Å². The number of rotatable bonds is 4. The second kappa shape index (κ2) is 6.33. The van der Waals surface area contributed by atoms with Crippen LogP contribution in [0.5, 0.6) is 5.75 Å². The molecular formula is C16H14F2N2O. The summed E-state index contributed by atoms with van der Waals surface area (Å²) in [5.74, 6) is -0.658. The van der Waals surface area contributed by atoms with E-state index in [1.165, 1.54) is 30.3 Å². The first kappa shape index (κ1) is 14.9. The van der Waals surface area contributed by atoms with Gasteiger partial charge < -0.3 is 10.5 Å². The van der Waals surface area contributed by atoms with Crippen molar-refractivity contribution in [1.29, 1.82) is 5.26 Å². The van der Waals surface area contributed by atoms with Gasteiger partial charge in [-0.1, -0.05) is 6.07 Å². The van der Waals surface area contributed by atoms with Crippen molar-refractivity contribution in [3.8, 4) is 11.8 Å². The molecule has 2 N–H and O–H groups in total. The molecular weight excluding hydrogens is 274 g/mol. The van der Waals surface area contributed by atoms with E-state index in [9.17, 15) is 8.78 Å². The number of hydrogen-bond acceptors (Lipinski definition) is 3. The molecule has 2 aromatic carbocycles. The van der Waals surface area contributed by atoms with E-state index in [0.717, 1.165) is 0 Å². The van der Waals surface area contributed by atoms with Gasteiger partial charge in [0.25, 0.3) is 0 Å². The standard InChI is InChI=1S/C16H14F2N2O/c1-10(20)14-4-3-13(7-16(14)18)21-9-12-6-11(8-19)2-5-15(12)17/h2-7,10H,9,20H2,1H3/t10-/m0/s1. The molecule has 21 heavy (non-hydrogen) atoms. The molecule has 0 aliphatic rings. The van der Waals surface area contributed by atoms with Crippen molar-refractivity contribution in [1.82, 2.24) is 0 Å². The molecule has 0 unspecified atom stereocenters. The van der Waals surface area contributed by atoms with Crippen LogP contribution in [0.15, 0.2) is 36.4 Å². The van der Waals surface area contributed by atoms with Crippen LogP contribution in [0, 0.1) is 23.0 Å². The van der Waals surface area contributed by atoms with E-state index < -0.39 is 17.7 Å². The lowest BCUT2D eigenvalue weighted by atomic mass is 10.1. The first-order valence-corrected chi connectivity index (χ1v) is 6.37. The van der Waals surface area contributed by atoms with Crippen molar-refractivity contribution in [2.24, 2.45) is 5.73 Å². The lowest BCUT2D eigenvalue weighted by molar-refractivity contribution is 0.298. The molecule has 0 heterocycles. The van der Waals surface area contributed by atoms with Crippen LogP contribution in [0.1, 0.15) is 29.7 Å². The fourth-order valence-corrected chi connectivity index (χ4v) is 1.88. The first-order chi connectivity index (χ1) is 10.0. The highest BCUT2D eigenvalue weighted by Crippen LogP contribution is 2.22. The molecule has 0 saturated carbocycles. The van der Waals surface area contributed by atoms with Crippen LogP contribution >= 0.6 is 0 Å². The van der Waals surface area contributed by atoms with Crippen molar-refractivity contribution in [3.05, 3.63) is 64.7 Å². The van der Waals surface area contributed by atoms with Gasteiger partial charge in [-0.05, 0) is 31.2 Å². The molecule has 2 aromatic rings. The highest BCUT2D eigenvalue weighted by Gasteiger charge is 2.09. The van der Waals surface area contributed by atoms with E-state index >= 15 is 0 Å². The lowest BCUT2D eigenvalue weighted by Gasteiger charge is -2.11. The zero-order chi connectivity index (χ0) is 15.4. The van der Waals surface area contributed by atoms with Crippen LogP contribution in [0.25, 0.3) is 0 Å². The maximum atomic E-state index is 13.7. The van der Waals surface area contributed by atoms with Crippen LogP contribution in [-0.4, -0.2) is 0 Å². The summed E-state index contributed by atoms with van der Waals surface area (Å²) in [6, 6.07) is 9.84. The SMILES string of the molecule is C[C@H](N)c1ccc(OCc2cc(C#N)ccc2F)cc1F. The minimum Gasteiger partial charge on any atom is -0.489 e. The summed E-state index contributed by atoms with van der Waals surface area (Å²) >= 11 is 0.